The molecule has 1 aromatic carbocycles. The number of ether oxygens (including phenoxy) is 1. The first-order valence-electron chi connectivity index (χ1n) is 5.99. The quantitative estimate of drug-likeness (QED) is 0.760. The van der Waals surface area contributed by atoms with Crippen molar-refractivity contribution in [2.45, 2.75) is 23.1 Å². The highest BCUT2D eigenvalue weighted by Gasteiger charge is 2.28. The fourth-order valence-corrected chi connectivity index (χ4v) is 2.55. The fourth-order valence-electron chi connectivity index (χ4n) is 1.65. The lowest BCUT2D eigenvalue weighted by Crippen LogP contribution is -2.28. The van der Waals surface area contributed by atoms with Crippen molar-refractivity contribution in [3.8, 4) is 0 Å². The number of halogens is 2. The largest absolute Gasteiger partial charge is 0.384 e. The summed E-state index contributed by atoms with van der Waals surface area (Å²) in [5.74, 6) is -3.44. The zero-order valence-electron chi connectivity index (χ0n) is 11.1. The van der Waals surface area contributed by atoms with Gasteiger partial charge in [0.25, 0.3) is 0 Å². The average Bonchev–Trinajstić information content (AvgIpc) is 2.39. The third kappa shape index (κ3) is 4.39. The van der Waals surface area contributed by atoms with E-state index in [-0.39, 0.29) is 11.7 Å². The summed E-state index contributed by atoms with van der Waals surface area (Å²) in [5.41, 5.74) is 5.87. The van der Waals surface area contributed by atoms with Gasteiger partial charge in [0.2, 0.25) is 9.84 Å². The van der Waals surface area contributed by atoms with Gasteiger partial charge in [-0.1, -0.05) is 12.1 Å². The molecule has 0 aliphatic carbocycles. The summed E-state index contributed by atoms with van der Waals surface area (Å²) in [6.45, 7) is 0.735. The van der Waals surface area contributed by atoms with Gasteiger partial charge in [0.05, 0.1) is 17.2 Å². The Morgan fingerprint density at radius 2 is 2.00 bits per heavy atom. The molecule has 0 radical (unpaired) electrons. The van der Waals surface area contributed by atoms with Gasteiger partial charge in [-0.05, 0) is 18.6 Å². The monoisotopic (exact) mass is 308 g/mol. The molecular weight excluding hydrogens is 290 g/mol. The van der Waals surface area contributed by atoms with E-state index in [1.54, 1.807) is 6.07 Å². The Morgan fingerprint density at radius 1 is 1.35 bits per heavy atom. The SMILES string of the molecule is COCC(N)CCNc1ccccc1S(=O)(=O)C(F)F. The molecule has 20 heavy (non-hydrogen) atoms. The molecule has 0 spiro atoms. The van der Waals surface area contributed by atoms with Crippen LogP contribution >= 0.6 is 0 Å². The summed E-state index contributed by atoms with van der Waals surface area (Å²) in [5, 5.41) is 2.82. The van der Waals surface area contributed by atoms with Gasteiger partial charge in [0.15, 0.2) is 0 Å². The van der Waals surface area contributed by atoms with Crippen molar-refractivity contribution in [1.82, 2.24) is 0 Å². The number of methoxy groups -OCH3 is 1. The van der Waals surface area contributed by atoms with E-state index in [1.807, 2.05) is 0 Å². The normalized spacial score (nSPS) is 13.4. The van der Waals surface area contributed by atoms with Crippen LogP contribution in [0, 0.1) is 0 Å². The predicted molar refractivity (Wildman–Crippen MR) is 72.6 cm³/mol. The second-order valence-corrected chi connectivity index (χ2v) is 6.12. The standard InChI is InChI=1S/C12H18F2N2O3S/c1-19-8-9(15)6-7-16-10-4-2-3-5-11(10)20(17,18)12(13)14/h2-5,9,12,16H,6-8,15H2,1H3. The number of hydrogen-bond acceptors (Lipinski definition) is 5. The van der Waals surface area contributed by atoms with Gasteiger partial charge in [-0.15, -0.1) is 0 Å². The molecule has 8 heteroatoms. The molecule has 0 fully saturated rings. The molecule has 0 saturated heterocycles. The van der Waals surface area contributed by atoms with E-state index in [0.29, 0.717) is 19.6 Å². The van der Waals surface area contributed by atoms with Crippen molar-refractivity contribution in [3.63, 3.8) is 0 Å². The molecule has 0 aromatic heterocycles. The topological polar surface area (TPSA) is 81.4 Å². The summed E-state index contributed by atoms with van der Waals surface area (Å²) in [7, 11) is -3.09. The molecule has 0 aliphatic heterocycles. The molecule has 5 nitrogen and oxygen atoms in total. The van der Waals surface area contributed by atoms with Crippen LogP contribution in [0.25, 0.3) is 0 Å². The molecule has 114 valence electrons. The number of benzene rings is 1. The lowest BCUT2D eigenvalue weighted by molar-refractivity contribution is 0.178. The van der Waals surface area contributed by atoms with Crippen LogP contribution in [-0.4, -0.2) is 40.5 Å². The van der Waals surface area contributed by atoms with Crippen molar-refractivity contribution in [1.29, 1.82) is 0 Å². The Kier molecular flexibility index (Phi) is 6.31. The van der Waals surface area contributed by atoms with E-state index in [2.05, 4.69) is 5.32 Å². The Hall–Kier alpha value is -1.25. The molecule has 1 aromatic rings. The maximum absolute atomic E-state index is 12.6. The van der Waals surface area contributed by atoms with Gasteiger partial charge in [0.1, 0.15) is 0 Å². The van der Waals surface area contributed by atoms with Gasteiger partial charge in [-0.2, -0.15) is 8.78 Å². The van der Waals surface area contributed by atoms with Gasteiger partial charge < -0.3 is 15.8 Å². The lowest BCUT2D eigenvalue weighted by Gasteiger charge is -2.14. The first-order chi connectivity index (χ1) is 9.39. The Bertz CT molecular complexity index is 523. The fraction of sp³-hybridized carbons (Fsp3) is 0.500. The van der Waals surface area contributed by atoms with Crippen molar-refractivity contribution >= 4 is 15.5 Å². The van der Waals surface area contributed by atoms with Crippen LogP contribution in [-0.2, 0) is 14.6 Å². The summed E-state index contributed by atoms with van der Waals surface area (Å²) >= 11 is 0. The van der Waals surface area contributed by atoms with Gasteiger partial charge in [-0.25, -0.2) is 8.42 Å². The molecule has 1 unspecified atom stereocenters. The highest BCUT2D eigenvalue weighted by Crippen LogP contribution is 2.25. The number of para-hydroxylation sites is 1. The zero-order valence-corrected chi connectivity index (χ0v) is 11.9. The van der Waals surface area contributed by atoms with Gasteiger partial charge >= 0.3 is 5.76 Å². The summed E-state index contributed by atoms with van der Waals surface area (Å²) in [6, 6.07) is 5.36. The second-order valence-electron chi connectivity index (χ2n) is 4.23. The van der Waals surface area contributed by atoms with E-state index >= 15 is 0 Å². The van der Waals surface area contributed by atoms with Crippen molar-refractivity contribution in [2.24, 2.45) is 5.73 Å². The van der Waals surface area contributed by atoms with Crippen LogP contribution in [0.5, 0.6) is 0 Å². The van der Waals surface area contributed by atoms with Crippen LogP contribution < -0.4 is 11.1 Å². The van der Waals surface area contributed by atoms with Gasteiger partial charge in [0, 0.05) is 19.7 Å². The summed E-state index contributed by atoms with van der Waals surface area (Å²) in [6.07, 6.45) is 0.525. The predicted octanol–water partition coefficient (Wildman–Crippen LogP) is 1.46. The molecule has 0 heterocycles. The van der Waals surface area contributed by atoms with Crippen molar-refractivity contribution < 1.29 is 21.9 Å². The smallest absolute Gasteiger partial charge is 0.341 e. The molecule has 1 atom stereocenters. The van der Waals surface area contributed by atoms with Crippen LogP contribution in [0.3, 0.4) is 0 Å². The average molecular weight is 308 g/mol. The van der Waals surface area contributed by atoms with Gasteiger partial charge in [-0.3, -0.25) is 0 Å². The first kappa shape index (κ1) is 16.8. The van der Waals surface area contributed by atoms with Crippen molar-refractivity contribution in [2.75, 3.05) is 25.6 Å². The third-order valence-corrected chi connectivity index (χ3v) is 4.08. The van der Waals surface area contributed by atoms with Crippen molar-refractivity contribution in [3.05, 3.63) is 24.3 Å². The van der Waals surface area contributed by atoms with Crippen LogP contribution in [0.2, 0.25) is 0 Å². The number of sulfone groups is 1. The molecule has 3 N–H and O–H groups in total. The second kappa shape index (κ2) is 7.51. The first-order valence-corrected chi connectivity index (χ1v) is 7.53. The number of alkyl halides is 2. The molecule has 0 aliphatic rings. The van der Waals surface area contributed by atoms with E-state index < -0.39 is 20.5 Å². The molecule has 0 saturated carbocycles. The summed E-state index contributed by atoms with van der Waals surface area (Å²) < 4.78 is 53.1. The Morgan fingerprint density at radius 3 is 2.60 bits per heavy atom. The number of hydrogen-bond donors (Lipinski definition) is 2. The number of nitrogens with two attached hydrogens (primary N) is 1. The zero-order chi connectivity index (χ0) is 15.2. The van der Waals surface area contributed by atoms with E-state index in [9.17, 15) is 17.2 Å². The minimum Gasteiger partial charge on any atom is -0.384 e. The highest BCUT2D eigenvalue weighted by atomic mass is 32.2. The maximum atomic E-state index is 12.6. The minimum absolute atomic E-state index is 0.150. The Labute approximate surface area is 117 Å². The Balaban J connectivity index is 2.77. The number of rotatable bonds is 8. The number of anilines is 1. The van der Waals surface area contributed by atoms with E-state index in [1.165, 1.54) is 19.2 Å². The summed E-state index contributed by atoms with van der Waals surface area (Å²) in [4.78, 5) is -0.407. The van der Waals surface area contributed by atoms with Crippen LogP contribution in [0.15, 0.2) is 29.2 Å². The molecule has 0 bridgehead atoms. The highest BCUT2D eigenvalue weighted by molar-refractivity contribution is 7.91. The maximum Gasteiger partial charge on any atom is 0.341 e. The molecule has 1 rings (SSSR count). The minimum atomic E-state index is -4.62. The van der Waals surface area contributed by atoms with Crippen LogP contribution in [0.1, 0.15) is 6.42 Å². The van der Waals surface area contributed by atoms with E-state index in [0.717, 1.165) is 6.07 Å². The van der Waals surface area contributed by atoms with E-state index in [4.69, 9.17) is 10.5 Å². The lowest BCUT2D eigenvalue weighted by atomic mass is 10.2. The van der Waals surface area contributed by atoms with Crippen LogP contribution in [0.4, 0.5) is 14.5 Å². The number of nitrogens with one attached hydrogen (secondary N) is 1. The third-order valence-electron chi connectivity index (χ3n) is 2.64. The molecular formula is C12H18F2N2O3S. The molecule has 0 amide bonds.